The second-order valence-electron chi connectivity index (χ2n) is 3.90. The molecule has 0 aliphatic rings. The number of hydrogen-bond acceptors (Lipinski definition) is 2. The van der Waals surface area contributed by atoms with Gasteiger partial charge >= 0.3 is 0 Å². The molecule has 1 nitrogen and oxygen atoms in total. The van der Waals surface area contributed by atoms with E-state index in [1.807, 2.05) is 17.8 Å². The summed E-state index contributed by atoms with van der Waals surface area (Å²) in [4.78, 5) is 0. The third-order valence-electron chi connectivity index (χ3n) is 2.72. The summed E-state index contributed by atoms with van der Waals surface area (Å²) >= 11 is 1.99. The molecule has 0 heterocycles. The summed E-state index contributed by atoms with van der Waals surface area (Å²) in [7, 11) is 0. The molecule has 0 spiro atoms. The third-order valence-corrected chi connectivity index (χ3v) is 3.65. The lowest BCUT2D eigenvalue weighted by Gasteiger charge is -2.19. The minimum Gasteiger partial charge on any atom is -0.324 e. The molecule has 2 atom stereocenters. The molecule has 2 N–H and O–H groups in total. The molecule has 0 saturated carbocycles. The van der Waals surface area contributed by atoms with E-state index in [9.17, 15) is 0 Å². The van der Waals surface area contributed by atoms with Crippen molar-refractivity contribution in [2.75, 3.05) is 11.5 Å². The Labute approximate surface area is 97.4 Å². The Hall–Kier alpha value is -0.470. The number of rotatable bonds is 6. The van der Waals surface area contributed by atoms with Crippen LogP contribution >= 0.6 is 11.8 Å². The van der Waals surface area contributed by atoms with Crippen molar-refractivity contribution in [1.29, 1.82) is 0 Å². The van der Waals surface area contributed by atoms with Crippen LogP contribution in [0.15, 0.2) is 30.3 Å². The molecule has 0 saturated heterocycles. The van der Waals surface area contributed by atoms with Gasteiger partial charge < -0.3 is 5.73 Å². The molecule has 15 heavy (non-hydrogen) atoms. The predicted octanol–water partition coefficient (Wildman–Crippen LogP) is 3.47. The summed E-state index contributed by atoms with van der Waals surface area (Å²) in [5, 5.41) is 0. The van der Waals surface area contributed by atoms with E-state index in [0.29, 0.717) is 5.92 Å². The second-order valence-corrected chi connectivity index (χ2v) is 5.29. The fourth-order valence-corrected chi connectivity index (χ4v) is 2.42. The van der Waals surface area contributed by atoms with Gasteiger partial charge in [0.1, 0.15) is 0 Å². The van der Waals surface area contributed by atoms with E-state index in [4.69, 9.17) is 5.73 Å². The topological polar surface area (TPSA) is 26.0 Å². The molecule has 1 rings (SSSR count). The molecule has 0 bridgehead atoms. The van der Waals surface area contributed by atoms with Crippen molar-refractivity contribution in [1.82, 2.24) is 0 Å². The maximum atomic E-state index is 6.21. The molecule has 0 aliphatic carbocycles. The second kappa shape index (κ2) is 6.91. The molecule has 0 amide bonds. The van der Waals surface area contributed by atoms with Crippen molar-refractivity contribution < 1.29 is 0 Å². The summed E-state index contributed by atoms with van der Waals surface area (Å²) < 4.78 is 0. The molecular formula is C13H21NS. The fourth-order valence-electron chi connectivity index (χ4n) is 1.60. The van der Waals surface area contributed by atoms with Crippen LogP contribution in [-0.4, -0.2) is 11.5 Å². The van der Waals surface area contributed by atoms with Gasteiger partial charge in [0.25, 0.3) is 0 Å². The fraction of sp³-hybridized carbons (Fsp3) is 0.538. The summed E-state index contributed by atoms with van der Waals surface area (Å²) in [6.07, 6.45) is 1.20. The van der Waals surface area contributed by atoms with Crippen molar-refractivity contribution in [3.8, 4) is 0 Å². The number of nitrogens with two attached hydrogens (primary N) is 1. The normalized spacial score (nSPS) is 14.9. The van der Waals surface area contributed by atoms with Crippen LogP contribution in [-0.2, 0) is 0 Å². The van der Waals surface area contributed by atoms with E-state index in [2.05, 4.69) is 38.1 Å². The Bertz CT molecular complexity index is 260. The van der Waals surface area contributed by atoms with Crippen molar-refractivity contribution in [2.45, 2.75) is 26.3 Å². The van der Waals surface area contributed by atoms with Crippen molar-refractivity contribution in [3.63, 3.8) is 0 Å². The summed E-state index contributed by atoms with van der Waals surface area (Å²) in [5.74, 6) is 2.98. The first-order valence-corrected chi connectivity index (χ1v) is 6.79. The van der Waals surface area contributed by atoms with Crippen LogP contribution in [0.3, 0.4) is 0 Å². The lowest BCUT2D eigenvalue weighted by atomic mass is 9.93. The smallest absolute Gasteiger partial charge is 0.0321 e. The molecule has 2 heteroatoms. The van der Waals surface area contributed by atoms with Crippen LogP contribution in [0.5, 0.6) is 0 Å². The zero-order valence-electron chi connectivity index (χ0n) is 9.65. The van der Waals surface area contributed by atoms with Crippen LogP contribution in [0.1, 0.15) is 31.9 Å². The van der Waals surface area contributed by atoms with Crippen LogP contribution in [0.4, 0.5) is 0 Å². The van der Waals surface area contributed by atoms with E-state index in [1.165, 1.54) is 23.5 Å². The Morgan fingerprint density at radius 1 is 1.27 bits per heavy atom. The molecule has 0 fully saturated rings. The van der Waals surface area contributed by atoms with E-state index >= 15 is 0 Å². The van der Waals surface area contributed by atoms with Gasteiger partial charge in [-0.05, 0) is 29.4 Å². The average molecular weight is 223 g/mol. The summed E-state index contributed by atoms with van der Waals surface area (Å²) in [5.41, 5.74) is 7.47. The van der Waals surface area contributed by atoms with Crippen molar-refractivity contribution in [3.05, 3.63) is 35.9 Å². The first kappa shape index (κ1) is 12.6. The monoisotopic (exact) mass is 223 g/mol. The molecule has 1 aromatic carbocycles. The van der Waals surface area contributed by atoms with Gasteiger partial charge in [-0.25, -0.2) is 0 Å². The molecule has 0 aliphatic heterocycles. The summed E-state index contributed by atoms with van der Waals surface area (Å²) in [6.45, 7) is 4.44. The quantitative estimate of drug-likeness (QED) is 0.747. The molecular weight excluding hydrogens is 202 g/mol. The van der Waals surface area contributed by atoms with E-state index in [-0.39, 0.29) is 6.04 Å². The number of hydrogen-bond donors (Lipinski definition) is 1. The van der Waals surface area contributed by atoms with Crippen LogP contribution in [0.25, 0.3) is 0 Å². The highest BCUT2D eigenvalue weighted by Crippen LogP contribution is 2.23. The van der Waals surface area contributed by atoms with E-state index in [0.717, 1.165) is 0 Å². The number of thioether (sulfide) groups is 1. The predicted molar refractivity (Wildman–Crippen MR) is 70.2 cm³/mol. The van der Waals surface area contributed by atoms with Gasteiger partial charge in [0.05, 0.1) is 0 Å². The Morgan fingerprint density at radius 3 is 2.53 bits per heavy atom. The molecule has 84 valence electrons. The highest BCUT2D eigenvalue weighted by molar-refractivity contribution is 7.99. The zero-order valence-corrected chi connectivity index (χ0v) is 10.5. The highest BCUT2D eigenvalue weighted by Gasteiger charge is 2.13. The first-order valence-electron chi connectivity index (χ1n) is 5.64. The first-order chi connectivity index (χ1) is 7.25. The standard InChI is InChI=1S/C13H21NS/c1-3-15-10-9-11(2)13(14)12-7-5-4-6-8-12/h4-8,11,13H,3,9-10,14H2,1-2H3. The van der Waals surface area contributed by atoms with Crippen molar-refractivity contribution in [2.24, 2.45) is 11.7 Å². The average Bonchev–Trinajstić information content (AvgIpc) is 2.29. The van der Waals surface area contributed by atoms with Gasteiger partial charge in [0, 0.05) is 6.04 Å². The lowest BCUT2D eigenvalue weighted by Crippen LogP contribution is -2.19. The highest BCUT2D eigenvalue weighted by atomic mass is 32.2. The summed E-state index contributed by atoms with van der Waals surface area (Å²) in [6, 6.07) is 10.6. The minimum absolute atomic E-state index is 0.184. The zero-order chi connectivity index (χ0) is 11.1. The van der Waals surface area contributed by atoms with Gasteiger partial charge in [-0.3, -0.25) is 0 Å². The number of benzene rings is 1. The lowest BCUT2D eigenvalue weighted by molar-refractivity contribution is 0.460. The van der Waals surface area contributed by atoms with Crippen LogP contribution in [0, 0.1) is 5.92 Å². The molecule has 0 radical (unpaired) electrons. The minimum atomic E-state index is 0.184. The van der Waals surface area contributed by atoms with Crippen LogP contribution < -0.4 is 5.73 Å². The van der Waals surface area contributed by atoms with Crippen LogP contribution in [0.2, 0.25) is 0 Å². The van der Waals surface area contributed by atoms with Gasteiger partial charge in [0.2, 0.25) is 0 Å². The van der Waals surface area contributed by atoms with Gasteiger partial charge in [-0.2, -0.15) is 11.8 Å². The van der Waals surface area contributed by atoms with E-state index < -0.39 is 0 Å². The maximum absolute atomic E-state index is 6.21. The Morgan fingerprint density at radius 2 is 1.93 bits per heavy atom. The van der Waals surface area contributed by atoms with Gasteiger partial charge in [-0.15, -0.1) is 0 Å². The maximum Gasteiger partial charge on any atom is 0.0321 e. The molecule has 2 unspecified atom stereocenters. The SMILES string of the molecule is CCSCCC(C)C(N)c1ccccc1. The van der Waals surface area contributed by atoms with Gasteiger partial charge in [-0.1, -0.05) is 44.2 Å². The Balaban J connectivity index is 2.42. The largest absolute Gasteiger partial charge is 0.324 e. The van der Waals surface area contributed by atoms with Crippen molar-refractivity contribution >= 4 is 11.8 Å². The van der Waals surface area contributed by atoms with Gasteiger partial charge in [0.15, 0.2) is 0 Å². The molecule has 0 aromatic heterocycles. The third kappa shape index (κ3) is 4.27. The molecule has 1 aromatic rings. The van der Waals surface area contributed by atoms with E-state index in [1.54, 1.807) is 0 Å². The Kier molecular flexibility index (Phi) is 5.81.